The van der Waals surface area contributed by atoms with E-state index in [0.29, 0.717) is 5.32 Å². The average Bonchev–Trinajstić information content (AvgIpc) is 1.98. The van der Waals surface area contributed by atoms with Crippen LogP contribution in [-0.2, 0) is 0 Å². The molecule has 0 saturated carbocycles. The van der Waals surface area contributed by atoms with Crippen molar-refractivity contribution in [1.82, 2.24) is 0 Å². The normalized spacial score (nSPS) is 10.8. The quantitative estimate of drug-likeness (QED) is 0.402. The molecule has 1 nitrogen and oxygen atoms in total. The van der Waals surface area contributed by atoms with Gasteiger partial charge in [-0.15, -0.1) is 0 Å². The molecule has 0 radical (unpaired) electrons. The molecule has 0 aliphatic carbocycles. The maximum atomic E-state index is 12.6. The van der Waals surface area contributed by atoms with Crippen LogP contribution in [0.5, 0.6) is 0 Å². The van der Waals surface area contributed by atoms with Crippen molar-refractivity contribution in [3.63, 3.8) is 0 Å². The molecule has 0 aliphatic heterocycles. The number of quaternary nitrogens is 1. The Kier molecular flexibility index (Phi) is 2.65. The van der Waals surface area contributed by atoms with Crippen molar-refractivity contribution in [3.05, 3.63) is 29.8 Å². The summed E-state index contributed by atoms with van der Waals surface area (Å²) < 4.78 is 48.4. The molecule has 0 heterocycles. The first-order chi connectivity index (χ1) is 5.61. The van der Waals surface area contributed by atoms with Gasteiger partial charge in [-0.25, -0.2) is 4.39 Å². The van der Waals surface area contributed by atoms with Gasteiger partial charge in [0.25, 0.3) is 0 Å². The van der Waals surface area contributed by atoms with E-state index in [1.165, 1.54) is 6.07 Å². The average molecular weight is 180 g/mol. The summed E-state index contributed by atoms with van der Waals surface area (Å²) in [7, 11) is 0. The van der Waals surface area contributed by atoms with Crippen molar-refractivity contribution in [2.24, 2.45) is 0 Å². The number of hydrogen-bond acceptors (Lipinski definition) is 0. The van der Waals surface area contributed by atoms with Crippen molar-refractivity contribution in [2.45, 2.75) is 6.55 Å². The minimum atomic E-state index is -2.78. The first kappa shape index (κ1) is 8.99. The number of nitrogens with two attached hydrogens (primary N) is 1. The third-order valence-electron chi connectivity index (χ3n) is 1.29. The van der Waals surface area contributed by atoms with Crippen molar-refractivity contribution in [2.75, 3.05) is 0 Å². The fraction of sp³-hybridized carbons (Fsp3) is 0.143. The van der Waals surface area contributed by atoms with Gasteiger partial charge >= 0.3 is 6.55 Å². The molecule has 0 aromatic heterocycles. The highest BCUT2D eigenvalue weighted by molar-refractivity contribution is 5.30. The molecule has 1 aromatic rings. The number of hydrogen-bond donors (Lipinski definition) is 1. The Labute approximate surface area is 66.0 Å². The van der Waals surface area contributed by atoms with Crippen LogP contribution in [0.2, 0.25) is 0 Å². The molecule has 12 heavy (non-hydrogen) atoms. The zero-order valence-electron chi connectivity index (χ0n) is 5.90. The van der Waals surface area contributed by atoms with Crippen molar-refractivity contribution in [1.29, 1.82) is 0 Å². The van der Waals surface area contributed by atoms with Gasteiger partial charge < -0.3 is 0 Å². The molecule has 0 saturated heterocycles. The molecule has 0 atom stereocenters. The fourth-order valence-corrected chi connectivity index (χ4v) is 0.785. The Balaban J connectivity index is 2.92. The van der Waals surface area contributed by atoms with Gasteiger partial charge in [0.2, 0.25) is 5.82 Å². The largest absolute Gasteiger partial charge is 0.382 e. The van der Waals surface area contributed by atoms with Gasteiger partial charge in [0.1, 0.15) is 0 Å². The molecule has 0 aliphatic rings. The number of rotatable bonds is 2. The third kappa shape index (κ3) is 1.94. The minimum absolute atomic E-state index is 0.360. The summed E-state index contributed by atoms with van der Waals surface area (Å²) >= 11 is 0. The van der Waals surface area contributed by atoms with Gasteiger partial charge in [-0.05, 0) is 6.07 Å². The summed E-state index contributed by atoms with van der Waals surface area (Å²) in [6, 6.07) is 3.13. The molecule has 2 N–H and O–H groups in total. The lowest BCUT2D eigenvalue weighted by molar-refractivity contribution is -0.668. The number of alkyl halides is 2. The van der Waals surface area contributed by atoms with Crippen molar-refractivity contribution >= 4 is 5.69 Å². The van der Waals surface area contributed by atoms with Crippen LogP contribution >= 0.6 is 0 Å². The van der Waals surface area contributed by atoms with Gasteiger partial charge in [0.15, 0.2) is 11.5 Å². The molecule has 1 aromatic carbocycles. The van der Waals surface area contributed by atoms with Crippen molar-refractivity contribution < 1.29 is 22.9 Å². The highest BCUT2D eigenvalue weighted by atomic mass is 19.3. The summed E-state index contributed by atoms with van der Waals surface area (Å²) in [4.78, 5) is 0. The van der Waals surface area contributed by atoms with Crippen LogP contribution in [-0.4, -0.2) is 6.55 Å². The van der Waals surface area contributed by atoms with E-state index in [-0.39, 0.29) is 0 Å². The Morgan fingerprint density at radius 1 is 1.17 bits per heavy atom. The molecular weight excluding hydrogens is 174 g/mol. The minimum Gasteiger partial charge on any atom is -0.253 e. The van der Waals surface area contributed by atoms with E-state index in [1.54, 1.807) is 0 Å². The van der Waals surface area contributed by atoms with E-state index in [9.17, 15) is 17.6 Å². The topological polar surface area (TPSA) is 16.6 Å². The molecule has 0 fully saturated rings. The maximum absolute atomic E-state index is 12.6. The molecule has 5 heteroatoms. The van der Waals surface area contributed by atoms with Crippen LogP contribution in [0, 0.1) is 11.6 Å². The van der Waals surface area contributed by atoms with Crippen LogP contribution in [0.4, 0.5) is 23.2 Å². The highest BCUT2D eigenvalue weighted by Gasteiger charge is 2.15. The van der Waals surface area contributed by atoms with Gasteiger partial charge in [-0.2, -0.15) is 13.2 Å². The van der Waals surface area contributed by atoms with E-state index in [0.717, 1.165) is 12.1 Å². The lowest BCUT2D eigenvalue weighted by Crippen LogP contribution is -2.82. The van der Waals surface area contributed by atoms with E-state index in [2.05, 4.69) is 0 Å². The molecule has 0 amide bonds. The van der Waals surface area contributed by atoms with Crippen LogP contribution in [0.1, 0.15) is 0 Å². The predicted molar refractivity (Wildman–Crippen MR) is 33.9 cm³/mol. The van der Waals surface area contributed by atoms with E-state index >= 15 is 0 Å². The number of halogens is 4. The fourth-order valence-electron chi connectivity index (χ4n) is 0.785. The Bertz CT molecular complexity index is 274. The SMILES string of the molecule is Fc1cccc([NH2+]C(F)F)c1F. The smallest absolute Gasteiger partial charge is 0.253 e. The van der Waals surface area contributed by atoms with Crippen LogP contribution < -0.4 is 5.32 Å². The lowest BCUT2D eigenvalue weighted by Gasteiger charge is -1.99. The summed E-state index contributed by atoms with van der Waals surface area (Å²) in [6.45, 7) is -2.78. The van der Waals surface area contributed by atoms with Gasteiger partial charge in [0, 0.05) is 6.07 Å². The summed E-state index contributed by atoms with van der Waals surface area (Å²) in [6.07, 6.45) is 0. The molecule has 1 rings (SSSR count). The first-order valence-electron chi connectivity index (χ1n) is 3.18. The maximum Gasteiger partial charge on any atom is 0.382 e. The third-order valence-corrected chi connectivity index (χ3v) is 1.29. The van der Waals surface area contributed by atoms with Crippen LogP contribution in [0.25, 0.3) is 0 Å². The zero-order chi connectivity index (χ0) is 9.14. The highest BCUT2D eigenvalue weighted by Crippen LogP contribution is 2.11. The Morgan fingerprint density at radius 3 is 2.42 bits per heavy atom. The molecule has 0 unspecified atom stereocenters. The zero-order valence-corrected chi connectivity index (χ0v) is 5.90. The van der Waals surface area contributed by atoms with Gasteiger partial charge in [-0.1, -0.05) is 6.07 Å². The second-order valence-electron chi connectivity index (χ2n) is 2.14. The van der Waals surface area contributed by atoms with E-state index < -0.39 is 23.9 Å². The lowest BCUT2D eigenvalue weighted by atomic mass is 10.3. The van der Waals surface area contributed by atoms with Crippen LogP contribution in [0.3, 0.4) is 0 Å². The predicted octanol–water partition coefficient (Wildman–Crippen LogP) is 1.38. The second-order valence-corrected chi connectivity index (χ2v) is 2.14. The Hall–Kier alpha value is -1.10. The van der Waals surface area contributed by atoms with Gasteiger partial charge in [-0.3, -0.25) is 5.32 Å². The van der Waals surface area contributed by atoms with Gasteiger partial charge in [0.05, 0.1) is 0 Å². The second kappa shape index (κ2) is 3.53. The van der Waals surface area contributed by atoms with Crippen LogP contribution in [0.15, 0.2) is 18.2 Å². The monoisotopic (exact) mass is 180 g/mol. The summed E-state index contributed by atoms with van der Waals surface area (Å²) in [5, 5.41) is 0.360. The van der Waals surface area contributed by atoms with Crippen molar-refractivity contribution in [3.8, 4) is 0 Å². The molecule has 66 valence electrons. The summed E-state index contributed by atoms with van der Waals surface area (Å²) in [5.41, 5.74) is -0.412. The molecular formula is C7H6F4N+. The Morgan fingerprint density at radius 2 is 1.83 bits per heavy atom. The molecule has 0 bridgehead atoms. The summed E-state index contributed by atoms with van der Waals surface area (Å²) in [5.74, 6) is -2.36. The molecule has 0 spiro atoms. The number of benzene rings is 1. The van der Waals surface area contributed by atoms with E-state index in [1.807, 2.05) is 0 Å². The first-order valence-corrected chi connectivity index (χ1v) is 3.18. The standard InChI is InChI=1S/C7H5F4N/c8-4-2-1-3-5(6(4)9)12-7(10)11/h1-3,7,12H/p+1. The van der Waals surface area contributed by atoms with E-state index in [4.69, 9.17) is 0 Å².